The van der Waals surface area contributed by atoms with Crippen LogP contribution in [0.15, 0.2) is 58.8 Å². The number of amides is 1. The quantitative estimate of drug-likeness (QED) is 0.547. The summed E-state index contributed by atoms with van der Waals surface area (Å²) < 4.78 is 27.9. The van der Waals surface area contributed by atoms with Gasteiger partial charge >= 0.3 is 5.97 Å². The first-order valence-electron chi connectivity index (χ1n) is 8.79. The van der Waals surface area contributed by atoms with E-state index in [-0.39, 0.29) is 28.5 Å². The summed E-state index contributed by atoms with van der Waals surface area (Å²) in [7, 11) is -3.11. The van der Waals surface area contributed by atoms with Gasteiger partial charge in [-0.3, -0.25) is 4.79 Å². The minimum absolute atomic E-state index is 0.0388. The second kappa shape index (κ2) is 8.82. The zero-order valence-corrected chi connectivity index (χ0v) is 16.1. The van der Waals surface area contributed by atoms with Crippen molar-refractivity contribution in [1.29, 1.82) is 0 Å². The molecule has 0 unspecified atom stereocenters. The molecule has 0 bridgehead atoms. The number of nitrogens with one attached hydrogen (secondary N) is 1. The van der Waals surface area contributed by atoms with Crippen LogP contribution in [0.4, 0.5) is 11.4 Å². The largest absolute Gasteiger partial charge is 0.508 e. The number of rotatable bonds is 6. The highest BCUT2D eigenvalue weighted by Gasteiger charge is 2.29. The van der Waals surface area contributed by atoms with Crippen LogP contribution in [-0.2, 0) is 19.4 Å². The van der Waals surface area contributed by atoms with E-state index < -0.39 is 34.4 Å². The molecule has 0 aromatic heterocycles. The zero-order valence-electron chi connectivity index (χ0n) is 15.3. The van der Waals surface area contributed by atoms with Gasteiger partial charge in [0.15, 0.2) is 16.4 Å². The number of phenols is 1. The fourth-order valence-corrected chi connectivity index (χ4v) is 4.42. The molecule has 3 rings (SSSR count). The van der Waals surface area contributed by atoms with E-state index >= 15 is 0 Å². The maximum Gasteiger partial charge on any atom is 0.340 e. The number of aromatic hydroxyl groups is 1. The van der Waals surface area contributed by atoms with Crippen molar-refractivity contribution >= 4 is 33.1 Å². The van der Waals surface area contributed by atoms with Crippen molar-refractivity contribution in [2.75, 3.05) is 18.1 Å². The first-order chi connectivity index (χ1) is 13.8. The van der Waals surface area contributed by atoms with Crippen LogP contribution < -0.4 is 5.32 Å². The molecule has 1 atom stereocenters. The Morgan fingerprint density at radius 3 is 2.52 bits per heavy atom. The van der Waals surface area contributed by atoms with E-state index in [1.54, 1.807) is 30.3 Å². The molecule has 1 amide bonds. The van der Waals surface area contributed by atoms with E-state index in [0.717, 1.165) is 0 Å². The Morgan fingerprint density at radius 1 is 1.10 bits per heavy atom. The van der Waals surface area contributed by atoms with E-state index in [0.29, 0.717) is 12.1 Å². The van der Waals surface area contributed by atoms with Gasteiger partial charge in [-0.15, -0.1) is 5.11 Å². The van der Waals surface area contributed by atoms with Crippen LogP contribution in [0.25, 0.3) is 0 Å². The standard InChI is InChI=1S/C19H19N3O6S/c23-15-7-5-13(6-8-15)21-22-17-4-2-1-3-16(17)19(25)28-11-18(24)20-14-9-10-29(26,27)12-14/h1-8,14,23H,9-12H2,(H,20,24)/t14-/m0/s1. The molecule has 29 heavy (non-hydrogen) atoms. The molecule has 10 heteroatoms. The molecule has 0 aliphatic carbocycles. The van der Waals surface area contributed by atoms with Crippen LogP contribution >= 0.6 is 0 Å². The number of esters is 1. The van der Waals surface area contributed by atoms with Crippen LogP contribution in [0.2, 0.25) is 0 Å². The number of benzene rings is 2. The molecule has 1 aliphatic heterocycles. The molecule has 2 aromatic rings. The van der Waals surface area contributed by atoms with Crippen molar-refractivity contribution in [1.82, 2.24) is 5.32 Å². The first-order valence-corrected chi connectivity index (χ1v) is 10.6. The summed E-state index contributed by atoms with van der Waals surface area (Å²) in [5.74, 6) is -1.28. The van der Waals surface area contributed by atoms with Gasteiger partial charge in [-0.2, -0.15) is 5.11 Å². The van der Waals surface area contributed by atoms with Crippen molar-refractivity contribution in [3.8, 4) is 5.75 Å². The van der Waals surface area contributed by atoms with Crippen molar-refractivity contribution < 1.29 is 27.9 Å². The number of nitrogens with zero attached hydrogens (tertiary/aromatic N) is 2. The molecule has 1 fully saturated rings. The zero-order chi connectivity index (χ0) is 20.9. The summed E-state index contributed by atoms with van der Waals surface area (Å²) in [4.78, 5) is 24.3. The van der Waals surface area contributed by atoms with Gasteiger partial charge in [-0.1, -0.05) is 12.1 Å². The molecule has 152 valence electrons. The molecular formula is C19H19N3O6S. The summed E-state index contributed by atoms with van der Waals surface area (Å²) in [5, 5.41) is 19.9. The lowest BCUT2D eigenvalue weighted by atomic mass is 10.2. The number of hydrogen-bond donors (Lipinski definition) is 2. The molecular weight excluding hydrogens is 398 g/mol. The van der Waals surface area contributed by atoms with E-state index in [4.69, 9.17) is 4.74 Å². The third kappa shape index (κ3) is 5.85. The Kier molecular flexibility index (Phi) is 6.23. The second-order valence-corrected chi connectivity index (χ2v) is 8.71. The molecule has 0 radical (unpaired) electrons. The lowest BCUT2D eigenvalue weighted by Crippen LogP contribution is -2.38. The third-order valence-electron chi connectivity index (χ3n) is 4.18. The third-order valence-corrected chi connectivity index (χ3v) is 5.95. The number of azo groups is 1. The van der Waals surface area contributed by atoms with Gasteiger partial charge in [-0.25, -0.2) is 13.2 Å². The highest BCUT2D eigenvalue weighted by Crippen LogP contribution is 2.24. The number of ether oxygens (including phenoxy) is 1. The molecule has 1 saturated heterocycles. The summed E-state index contributed by atoms with van der Waals surface area (Å²) in [6, 6.07) is 12.0. The van der Waals surface area contributed by atoms with Crippen molar-refractivity contribution in [2.24, 2.45) is 10.2 Å². The van der Waals surface area contributed by atoms with Gasteiger partial charge in [0.2, 0.25) is 0 Å². The molecule has 9 nitrogen and oxygen atoms in total. The average molecular weight is 417 g/mol. The van der Waals surface area contributed by atoms with Gasteiger partial charge in [0.25, 0.3) is 5.91 Å². The number of hydrogen-bond acceptors (Lipinski definition) is 8. The average Bonchev–Trinajstić information content (AvgIpc) is 3.04. The normalized spacial score (nSPS) is 17.9. The minimum Gasteiger partial charge on any atom is -0.508 e. The van der Waals surface area contributed by atoms with E-state index in [1.165, 1.54) is 18.2 Å². The Balaban J connectivity index is 1.59. The molecule has 0 saturated carbocycles. The van der Waals surface area contributed by atoms with E-state index in [1.807, 2.05) is 0 Å². The highest BCUT2D eigenvalue weighted by atomic mass is 32.2. The van der Waals surface area contributed by atoms with Crippen LogP contribution in [-0.4, -0.2) is 49.6 Å². The monoisotopic (exact) mass is 417 g/mol. The van der Waals surface area contributed by atoms with Crippen LogP contribution in [0, 0.1) is 0 Å². The van der Waals surface area contributed by atoms with Crippen molar-refractivity contribution in [3.05, 3.63) is 54.1 Å². The number of sulfone groups is 1. The fraction of sp³-hybridized carbons (Fsp3) is 0.263. The predicted molar refractivity (Wildman–Crippen MR) is 104 cm³/mol. The minimum atomic E-state index is -3.11. The van der Waals surface area contributed by atoms with Gasteiger partial charge in [0, 0.05) is 6.04 Å². The predicted octanol–water partition coefficient (Wildman–Crippen LogP) is 2.27. The smallest absolute Gasteiger partial charge is 0.340 e. The Bertz CT molecular complexity index is 1030. The van der Waals surface area contributed by atoms with Crippen molar-refractivity contribution in [3.63, 3.8) is 0 Å². The molecule has 1 aliphatic rings. The Morgan fingerprint density at radius 2 is 1.83 bits per heavy atom. The molecule has 2 aromatic carbocycles. The maximum atomic E-state index is 12.3. The Hall–Kier alpha value is -3.27. The van der Waals surface area contributed by atoms with E-state index in [9.17, 15) is 23.1 Å². The van der Waals surface area contributed by atoms with E-state index in [2.05, 4.69) is 15.5 Å². The van der Waals surface area contributed by atoms with Gasteiger partial charge in [0.05, 0.1) is 22.8 Å². The van der Waals surface area contributed by atoms with Gasteiger partial charge < -0.3 is 15.2 Å². The molecule has 1 heterocycles. The van der Waals surface area contributed by atoms with Crippen molar-refractivity contribution in [2.45, 2.75) is 12.5 Å². The Labute approximate surface area is 167 Å². The summed E-state index contributed by atoms with van der Waals surface area (Å²) >= 11 is 0. The molecule has 0 spiro atoms. The topological polar surface area (TPSA) is 134 Å². The maximum absolute atomic E-state index is 12.3. The van der Waals surface area contributed by atoms with Crippen LogP contribution in [0.1, 0.15) is 16.8 Å². The number of carbonyl (C=O) groups is 2. The first kappa shape index (κ1) is 20.5. The SMILES string of the molecule is O=C(COC(=O)c1ccccc1N=Nc1ccc(O)cc1)N[C@H]1CCS(=O)(=O)C1. The number of phenolic OH excluding ortho intramolecular Hbond substituents is 1. The van der Waals surface area contributed by atoms with Gasteiger partial charge in [-0.05, 0) is 42.8 Å². The summed E-state index contributed by atoms with van der Waals surface area (Å²) in [5.41, 5.74) is 0.871. The fourth-order valence-electron chi connectivity index (χ4n) is 2.75. The van der Waals surface area contributed by atoms with Gasteiger partial charge in [0.1, 0.15) is 11.4 Å². The lowest BCUT2D eigenvalue weighted by Gasteiger charge is -2.11. The van der Waals surface area contributed by atoms with Crippen LogP contribution in [0.5, 0.6) is 5.75 Å². The second-order valence-electron chi connectivity index (χ2n) is 6.48. The summed E-state index contributed by atoms with van der Waals surface area (Å²) in [6.45, 7) is -0.529. The number of carbonyl (C=O) groups excluding carboxylic acids is 2. The molecule has 2 N–H and O–H groups in total. The van der Waals surface area contributed by atoms with Crippen LogP contribution in [0.3, 0.4) is 0 Å². The summed E-state index contributed by atoms with van der Waals surface area (Å²) in [6.07, 6.45) is 0.350. The highest BCUT2D eigenvalue weighted by molar-refractivity contribution is 7.91. The lowest BCUT2D eigenvalue weighted by molar-refractivity contribution is -0.124.